The van der Waals surface area contributed by atoms with Gasteiger partial charge in [0.05, 0.1) is 6.04 Å². The highest BCUT2D eigenvalue weighted by Gasteiger charge is 2.38. The van der Waals surface area contributed by atoms with E-state index < -0.39 is 0 Å². The average Bonchev–Trinajstić information content (AvgIpc) is 2.64. The van der Waals surface area contributed by atoms with Crippen molar-refractivity contribution in [1.29, 1.82) is 0 Å². The first kappa shape index (κ1) is 15.7. The SMILES string of the molecule is CN1C(=O)CC(CN=C(N)N)C1c1ccccc1.I. The lowest BCUT2D eigenvalue weighted by Crippen LogP contribution is -2.27. The molecule has 5 nitrogen and oxygen atoms in total. The van der Waals surface area contributed by atoms with Gasteiger partial charge in [0.15, 0.2) is 5.96 Å². The molecule has 0 aliphatic carbocycles. The minimum absolute atomic E-state index is 0. The molecule has 0 bridgehead atoms. The third kappa shape index (κ3) is 3.59. The number of amides is 1. The monoisotopic (exact) mass is 374 g/mol. The van der Waals surface area contributed by atoms with E-state index in [1.807, 2.05) is 37.4 Å². The molecule has 104 valence electrons. The van der Waals surface area contributed by atoms with Gasteiger partial charge in [-0.15, -0.1) is 24.0 Å². The maximum absolute atomic E-state index is 11.8. The van der Waals surface area contributed by atoms with Crippen LogP contribution in [0.5, 0.6) is 0 Å². The molecule has 1 amide bonds. The van der Waals surface area contributed by atoms with Crippen LogP contribution in [0, 0.1) is 5.92 Å². The Kier molecular flexibility index (Phi) is 5.59. The second kappa shape index (κ2) is 6.74. The van der Waals surface area contributed by atoms with E-state index in [1.165, 1.54) is 0 Å². The third-order valence-electron chi connectivity index (χ3n) is 3.34. The molecule has 1 aliphatic heterocycles. The van der Waals surface area contributed by atoms with Crippen molar-refractivity contribution in [3.05, 3.63) is 35.9 Å². The van der Waals surface area contributed by atoms with Crippen molar-refractivity contribution in [2.24, 2.45) is 22.4 Å². The number of hydrogen-bond donors (Lipinski definition) is 2. The number of nitrogens with two attached hydrogens (primary N) is 2. The van der Waals surface area contributed by atoms with E-state index in [4.69, 9.17) is 11.5 Å². The van der Waals surface area contributed by atoms with Crippen LogP contribution in [0.3, 0.4) is 0 Å². The van der Waals surface area contributed by atoms with E-state index in [0.29, 0.717) is 13.0 Å². The summed E-state index contributed by atoms with van der Waals surface area (Å²) in [6.45, 7) is 0.484. The predicted molar refractivity (Wildman–Crippen MR) is 86.2 cm³/mol. The molecule has 1 aromatic carbocycles. The number of halogens is 1. The number of aliphatic imine (C=N–C) groups is 1. The molecule has 1 heterocycles. The second-order valence-electron chi connectivity index (χ2n) is 4.59. The molecule has 1 aliphatic rings. The smallest absolute Gasteiger partial charge is 0.223 e. The number of guanidine groups is 1. The Balaban J connectivity index is 0.00000180. The lowest BCUT2D eigenvalue weighted by Gasteiger charge is -2.24. The number of rotatable bonds is 3. The molecule has 4 N–H and O–H groups in total. The molecule has 1 aromatic rings. The lowest BCUT2D eigenvalue weighted by atomic mass is 9.94. The highest BCUT2D eigenvalue weighted by Crippen LogP contribution is 2.36. The molecule has 6 heteroatoms. The molecule has 1 saturated heterocycles. The first-order valence-corrected chi connectivity index (χ1v) is 5.95. The Labute approximate surface area is 130 Å². The van der Waals surface area contributed by atoms with E-state index in [9.17, 15) is 4.79 Å². The fraction of sp³-hybridized carbons (Fsp3) is 0.385. The average molecular weight is 374 g/mol. The van der Waals surface area contributed by atoms with Crippen LogP contribution in [0.2, 0.25) is 0 Å². The molecular formula is C13H19IN4O. The van der Waals surface area contributed by atoms with Crippen LogP contribution in [-0.4, -0.2) is 30.4 Å². The van der Waals surface area contributed by atoms with Crippen LogP contribution in [0.4, 0.5) is 0 Å². The summed E-state index contributed by atoms with van der Waals surface area (Å²) in [5.74, 6) is 0.343. The van der Waals surface area contributed by atoms with Gasteiger partial charge in [0, 0.05) is 25.9 Å². The minimum atomic E-state index is 0. The molecule has 2 rings (SSSR count). The van der Waals surface area contributed by atoms with E-state index in [1.54, 1.807) is 4.90 Å². The van der Waals surface area contributed by atoms with Crippen LogP contribution in [-0.2, 0) is 4.79 Å². The van der Waals surface area contributed by atoms with Crippen LogP contribution in [0.25, 0.3) is 0 Å². The molecule has 0 radical (unpaired) electrons. The topological polar surface area (TPSA) is 84.7 Å². The van der Waals surface area contributed by atoms with Crippen molar-refractivity contribution in [3.8, 4) is 0 Å². The predicted octanol–water partition coefficient (Wildman–Crippen LogP) is 1.10. The zero-order chi connectivity index (χ0) is 13.1. The molecule has 2 atom stereocenters. The Morgan fingerprint density at radius 1 is 1.37 bits per heavy atom. The molecular weight excluding hydrogens is 355 g/mol. The fourth-order valence-electron chi connectivity index (χ4n) is 2.48. The summed E-state index contributed by atoms with van der Waals surface area (Å²) in [6.07, 6.45) is 0.493. The van der Waals surface area contributed by atoms with Crippen LogP contribution in [0.1, 0.15) is 18.0 Å². The highest BCUT2D eigenvalue weighted by molar-refractivity contribution is 14.0. The van der Waals surface area contributed by atoms with Gasteiger partial charge in [0.1, 0.15) is 0 Å². The van der Waals surface area contributed by atoms with Gasteiger partial charge in [-0.1, -0.05) is 30.3 Å². The Hall–Kier alpha value is -1.31. The largest absolute Gasteiger partial charge is 0.370 e. The van der Waals surface area contributed by atoms with Crippen molar-refractivity contribution in [2.45, 2.75) is 12.5 Å². The molecule has 0 aromatic heterocycles. The van der Waals surface area contributed by atoms with Crippen molar-refractivity contribution >= 4 is 35.8 Å². The van der Waals surface area contributed by atoms with Gasteiger partial charge in [-0.05, 0) is 5.56 Å². The summed E-state index contributed by atoms with van der Waals surface area (Å²) in [7, 11) is 1.83. The van der Waals surface area contributed by atoms with Crippen LogP contribution in [0.15, 0.2) is 35.3 Å². The number of carbonyl (C=O) groups excluding carboxylic acids is 1. The maximum atomic E-state index is 11.8. The first-order chi connectivity index (χ1) is 8.59. The summed E-state index contributed by atoms with van der Waals surface area (Å²) >= 11 is 0. The van der Waals surface area contributed by atoms with Crippen LogP contribution >= 0.6 is 24.0 Å². The highest BCUT2D eigenvalue weighted by atomic mass is 127. The van der Waals surface area contributed by atoms with E-state index in [0.717, 1.165) is 5.56 Å². The lowest BCUT2D eigenvalue weighted by molar-refractivity contribution is -0.127. The first-order valence-electron chi connectivity index (χ1n) is 5.95. The molecule has 2 unspecified atom stereocenters. The standard InChI is InChI=1S/C13H18N4O.HI/c1-17-11(18)7-10(8-16-13(14)15)12(17)9-5-3-2-4-6-9;/h2-6,10,12H,7-8H2,1H3,(H4,14,15,16);1H. The van der Waals surface area contributed by atoms with Crippen molar-refractivity contribution in [2.75, 3.05) is 13.6 Å². The quantitative estimate of drug-likeness (QED) is 0.472. The van der Waals surface area contributed by atoms with E-state index in [2.05, 4.69) is 4.99 Å². The Bertz CT molecular complexity index is 459. The zero-order valence-corrected chi connectivity index (χ0v) is 13.2. The third-order valence-corrected chi connectivity index (χ3v) is 3.34. The maximum Gasteiger partial charge on any atom is 0.223 e. The number of benzene rings is 1. The van der Waals surface area contributed by atoms with Gasteiger partial charge >= 0.3 is 0 Å². The molecule has 1 fully saturated rings. The van der Waals surface area contributed by atoms with E-state index >= 15 is 0 Å². The van der Waals surface area contributed by atoms with Gasteiger partial charge < -0.3 is 16.4 Å². The van der Waals surface area contributed by atoms with E-state index in [-0.39, 0.29) is 47.8 Å². The number of nitrogens with zero attached hydrogens (tertiary/aromatic N) is 2. The van der Waals surface area contributed by atoms with Gasteiger partial charge in [-0.25, -0.2) is 0 Å². The summed E-state index contributed by atoms with van der Waals surface area (Å²) in [4.78, 5) is 17.7. The Morgan fingerprint density at radius 3 is 2.58 bits per heavy atom. The normalized spacial score (nSPS) is 21.9. The van der Waals surface area contributed by atoms with Crippen molar-refractivity contribution in [3.63, 3.8) is 0 Å². The van der Waals surface area contributed by atoms with Crippen LogP contribution < -0.4 is 11.5 Å². The minimum Gasteiger partial charge on any atom is -0.370 e. The van der Waals surface area contributed by atoms with Gasteiger partial charge in [-0.2, -0.15) is 0 Å². The number of carbonyl (C=O) groups is 1. The second-order valence-corrected chi connectivity index (χ2v) is 4.59. The molecule has 0 saturated carbocycles. The summed E-state index contributed by atoms with van der Waals surface area (Å²) < 4.78 is 0. The van der Waals surface area contributed by atoms with Gasteiger partial charge in [-0.3, -0.25) is 9.79 Å². The Morgan fingerprint density at radius 2 is 2.00 bits per heavy atom. The van der Waals surface area contributed by atoms with Crippen molar-refractivity contribution in [1.82, 2.24) is 4.90 Å². The van der Waals surface area contributed by atoms with Gasteiger partial charge in [0.25, 0.3) is 0 Å². The van der Waals surface area contributed by atoms with Crippen molar-refractivity contribution < 1.29 is 4.79 Å². The molecule has 0 spiro atoms. The number of hydrogen-bond acceptors (Lipinski definition) is 2. The fourth-order valence-corrected chi connectivity index (χ4v) is 2.48. The molecule has 19 heavy (non-hydrogen) atoms. The summed E-state index contributed by atoms with van der Waals surface area (Å²) in [6, 6.07) is 10.0. The number of likely N-dealkylation sites (tertiary alicyclic amines) is 1. The summed E-state index contributed by atoms with van der Waals surface area (Å²) in [5, 5.41) is 0. The van der Waals surface area contributed by atoms with Gasteiger partial charge in [0.2, 0.25) is 5.91 Å². The zero-order valence-electron chi connectivity index (χ0n) is 10.8. The summed E-state index contributed by atoms with van der Waals surface area (Å²) in [5.41, 5.74) is 11.8.